The van der Waals surface area contributed by atoms with E-state index in [2.05, 4.69) is 56.4 Å². The van der Waals surface area contributed by atoms with Gasteiger partial charge in [-0.15, -0.1) is 11.3 Å². The monoisotopic (exact) mass is 275 g/mol. The van der Waals surface area contributed by atoms with Crippen LogP contribution in [-0.2, 0) is 0 Å². The highest BCUT2D eigenvalue weighted by atomic mass is 32.1. The second kappa shape index (κ2) is 6.22. The molecule has 0 amide bonds. The molecule has 2 rings (SSSR count). The van der Waals surface area contributed by atoms with Crippen molar-refractivity contribution in [3.05, 3.63) is 51.2 Å². The van der Waals surface area contributed by atoms with Gasteiger partial charge < -0.3 is 10.1 Å². The van der Waals surface area contributed by atoms with Crippen LogP contribution in [0.15, 0.2) is 30.3 Å². The normalized spacial score (nSPS) is 12.4. The molecule has 0 aliphatic heterocycles. The number of aryl methyl sites for hydroxylation is 2. The van der Waals surface area contributed by atoms with Crippen molar-refractivity contribution in [1.29, 1.82) is 0 Å². The summed E-state index contributed by atoms with van der Waals surface area (Å²) in [6.45, 7) is 7.32. The molecule has 3 heteroatoms. The number of hydrogen-bond donors (Lipinski definition) is 1. The number of rotatable bonds is 5. The summed E-state index contributed by atoms with van der Waals surface area (Å²) in [7, 11) is 1.73. The fraction of sp³-hybridized carbons (Fsp3) is 0.375. The van der Waals surface area contributed by atoms with Crippen LogP contribution in [0.25, 0.3) is 0 Å². The Balaban J connectivity index is 2.46. The van der Waals surface area contributed by atoms with E-state index in [4.69, 9.17) is 4.74 Å². The summed E-state index contributed by atoms with van der Waals surface area (Å²) in [6, 6.07) is 10.9. The van der Waals surface area contributed by atoms with Gasteiger partial charge in [-0.1, -0.05) is 24.6 Å². The molecular formula is C16H21NOS. The first-order valence-electron chi connectivity index (χ1n) is 6.60. The molecule has 1 N–H and O–H groups in total. The van der Waals surface area contributed by atoms with Gasteiger partial charge in [0.2, 0.25) is 0 Å². The van der Waals surface area contributed by atoms with Gasteiger partial charge in [-0.05, 0) is 38.6 Å². The van der Waals surface area contributed by atoms with Crippen molar-refractivity contribution in [2.75, 3.05) is 13.7 Å². The van der Waals surface area contributed by atoms with Crippen molar-refractivity contribution in [3.63, 3.8) is 0 Å². The topological polar surface area (TPSA) is 21.3 Å². The molecule has 1 aromatic carbocycles. The predicted octanol–water partition coefficient (Wildman–Crippen LogP) is 4.07. The predicted molar refractivity (Wildman–Crippen MR) is 82.3 cm³/mol. The Morgan fingerprint density at radius 2 is 2.00 bits per heavy atom. The van der Waals surface area contributed by atoms with Crippen molar-refractivity contribution in [2.24, 2.45) is 0 Å². The van der Waals surface area contributed by atoms with Crippen LogP contribution in [0.1, 0.15) is 33.8 Å². The summed E-state index contributed by atoms with van der Waals surface area (Å²) in [4.78, 5) is 2.67. The third-order valence-corrected chi connectivity index (χ3v) is 4.22. The van der Waals surface area contributed by atoms with Crippen LogP contribution in [0.3, 0.4) is 0 Å². The van der Waals surface area contributed by atoms with E-state index < -0.39 is 0 Å². The molecule has 1 unspecified atom stereocenters. The summed E-state index contributed by atoms with van der Waals surface area (Å²) < 4.78 is 5.52. The highest BCUT2D eigenvalue weighted by Crippen LogP contribution is 2.34. The van der Waals surface area contributed by atoms with Crippen LogP contribution in [0.5, 0.6) is 5.75 Å². The molecule has 2 nitrogen and oxygen atoms in total. The van der Waals surface area contributed by atoms with E-state index in [-0.39, 0.29) is 6.04 Å². The lowest BCUT2D eigenvalue weighted by molar-refractivity contribution is 0.404. The molecule has 0 aliphatic carbocycles. The van der Waals surface area contributed by atoms with Crippen LogP contribution in [0, 0.1) is 13.8 Å². The molecule has 1 heterocycles. The van der Waals surface area contributed by atoms with Crippen molar-refractivity contribution < 1.29 is 4.74 Å². The van der Waals surface area contributed by atoms with Gasteiger partial charge in [0.05, 0.1) is 13.2 Å². The highest BCUT2D eigenvalue weighted by Gasteiger charge is 2.18. The number of nitrogens with one attached hydrogen (secondary N) is 1. The van der Waals surface area contributed by atoms with Gasteiger partial charge in [-0.3, -0.25) is 0 Å². The molecule has 102 valence electrons. The molecule has 0 bridgehead atoms. The summed E-state index contributed by atoms with van der Waals surface area (Å²) in [6.07, 6.45) is 0. The van der Waals surface area contributed by atoms with E-state index >= 15 is 0 Å². The van der Waals surface area contributed by atoms with E-state index in [9.17, 15) is 0 Å². The maximum atomic E-state index is 5.52. The zero-order chi connectivity index (χ0) is 13.8. The SMILES string of the molecule is CCNC(c1ccc(C)s1)c1cc(C)ccc1OC. The molecular weight excluding hydrogens is 254 g/mol. The van der Waals surface area contributed by atoms with Gasteiger partial charge in [0, 0.05) is 15.3 Å². The fourth-order valence-corrected chi connectivity index (χ4v) is 3.23. The van der Waals surface area contributed by atoms with E-state index in [1.807, 2.05) is 11.3 Å². The van der Waals surface area contributed by atoms with E-state index in [0.29, 0.717) is 0 Å². The second-order valence-corrected chi connectivity index (χ2v) is 6.00. The first-order chi connectivity index (χ1) is 9.15. The van der Waals surface area contributed by atoms with E-state index in [0.717, 1.165) is 12.3 Å². The van der Waals surface area contributed by atoms with Crippen LogP contribution in [0.2, 0.25) is 0 Å². The molecule has 2 aromatic rings. The molecule has 0 aliphatic rings. The lowest BCUT2D eigenvalue weighted by atomic mass is 10.0. The summed E-state index contributed by atoms with van der Waals surface area (Å²) in [5.74, 6) is 0.947. The highest BCUT2D eigenvalue weighted by molar-refractivity contribution is 7.12. The first kappa shape index (κ1) is 14.1. The van der Waals surface area contributed by atoms with E-state index in [1.165, 1.54) is 20.9 Å². The Bertz CT molecular complexity index is 547. The Labute approximate surface area is 119 Å². The summed E-state index contributed by atoms with van der Waals surface area (Å²) >= 11 is 1.84. The first-order valence-corrected chi connectivity index (χ1v) is 7.41. The van der Waals surface area contributed by atoms with Gasteiger partial charge in [0.15, 0.2) is 0 Å². The maximum absolute atomic E-state index is 5.52. The standard InChI is InChI=1S/C16H21NOS/c1-5-17-16(15-9-7-12(3)19-15)13-10-11(2)6-8-14(13)18-4/h6-10,16-17H,5H2,1-4H3. The van der Waals surface area contributed by atoms with Crippen molar-refractivity contribution in [2.45, 2.75) is 26.8 Å². The van der Waals surface area contributed by atoms with Crippen LogP contribution >= 0.6 is 11.3 Å². The average molecular weight is 275 g/mol. The zero-order valence-electron chi connectivity index (χ0n) is 12.0. The van der Waals surface area contributed by atoms with Gasteiger partial charge in [-0.2, -0.15) is 0 Å². The third-order valence-electron chi connectivity index (χ3n) is 3.15. The smallest absolute Gasteiger partial charge is 0.124 e. The minimum absolute atomic E-state index is 0.207. The van der Waals surface area contributed by atoms with Crippen LogP contribution in [0.4, 0.5) is 0 Å². The van der Waals surface area contributed by atoms with Crippen molar-refractivity contribution in [1.82, 2.24) is 5.32 Å². The number of methoxy groups -OCH3 is 1. The lowest BCUT2D eigenvalue weighted by Gasteiger charge is -2.20. The summed E-state index contributed by atoms with van der Waals surface area (Å²) in [5, 5.41) is 3.56. The number of hydrogen-bond acceptors (Lipinski definition) is 3. The molecule has 19 heavy (non-hydrogen) atoms. The molecule has 0 saturated heterocycles. The number of benzene rings is 1. The molecule has 0 spiro atoms. The second-order valence-electron chi connectivity index (χ2n) is 4.68. The quantitative estimate of drug-likeness (QED) is 0.888. The minimum Gasteiger partial charge on any atom is -0.496 e. The molecule has 1 aromatic heterocycles. The van der Waals surface area contributed by atoms with Crippen LogP contribution in [-0.4, -0.2) is 13.7 Å². The minimum atomic E-state index is 0.207. The van der Waals surface area contributed by atoms with Gasteiger partial charge in [0.1, 0.15) is 5.75 Å². The maximum Gasteiger partial charge on any atom is 0.124 e. The Kier molecular flexibility index (Phi) is 4.61. The van der Waals surface area contributed by atoms with Gasteiger partial charge >= 0.3 is 0 Å². The van der Waals surface area contributed by atoms with Crippen molar-refractivity contribution >= 4 is 11.3 Å². The largest absolute Gasteiger partial charge is 0.496 e. The van der Waals surface area contributed by atoms with Gasteiger partial charge in [-0.25, -0.2) is 0 Å². The average Bonchev–Trinajstić information content (AvgIpc) is 2.82. The Hall–Kier alpha value is -1.32. The van der Waals surface area contributed by atoms with Gasteiger partial charge in [0.25, 0.3) is 0 Å². The molecule has 0 radical (unpaired) electrons. The Morgan fingerprint density at radius 3 is 2.58 bits per heavy atom. The molecule has 0 saturated carbocycles. The zero-order valence-corrected chi connectivity index (χ0v) is 12.8. The number of ether oxygens (including phenoxy) is 1. The van der Waals surface area contributed by atoms with Crippen LogP contribution < -0.4 is 10.1 Å². The third kappa shape index (κ3) is 3.17. The Morgan fingerprint density at radius 1 is 1.21 bits per heavy atom. The van der Waals surface area contributed by atoms with E-state index in [1.54, 1.807) is 7.11 Å². The van der Waals surface area contributed by atoms with Crippen molar-refractivity contribution in [3.8, 4) is 5.75 Å². The molecule has 1 atom stereocenters. The summed E-state index contributed by atoms with van der Waals surface area (Å²) in [5.41, 5.74) is 2.47. The number of thiophene rings is 1. The lowest BCUT2D eigenvalue weighted by Crippen LogP contribution is -2.21. The molecule has 0 fully saturated rings. The fourth-order valence-electron chi connectivity index (χ4n) is 2.26.